The zero-order valence-corrected chi connectivity index (χ0v) is 13.3. The molecule has 120 valence electrons. The SMILES string of the molecule is Cc1ccc(NC(=O)[C@H]2CC(=O)N(Cc3ccco3)C2)cc1C. The number of rotatable bonds is 4. The number of hydrogen-bond donors (Lipinski definition) is 1. The topological polar surface area (TPSA) is 62.6 Å². The minimum absolute atomic E-state index is 0.0124. The van der Waals surface area contributed by atoms with Gasteiger partial charge in [0.05, 0.1) is 18.7 Å². The van der Waals surface area contributed by atoms with E-state index in [1.807, 2.05) is 38.1 Å². The van der Waals surface area contributed by atoms with Crippen molar-refractivity contribution < 1.29 is 14.0 Å². The summed E-state index contributed by atoms with van der Waals surface area (Å²) in [5.41, 5.74) is 3.09. The molecule has 0 bridgehead atoms. The number of nitrogens with zero attached hydrogens (tertiary/aromatic N) is 1. The number of hydrogen-bond acceptors (Lipinski definition) is 3. The number of likely N-dealkylation sites (tertiary alicyclic amines) is 1. The normalized spacial score (nSPS) is 17.6. The third-order valence-corrected chi connectivity index (χ3v) is 4.29. The molecule has 23 heavy (non-hydrogen) atoms. The first kappa shape index (κ1) is 15.3. The molecule has 0 spiro atoms. The second-order valence-corrected chi connectivity index (χ2v) is 6.04. The summed E-state index contributed by atoms with van der Waals surface area (Å²) < 4.78 is 5.27. The van der Waals surface area contributed by atoms with E-state index in [0.717, 1.165) is 17.0 Å². The van der Waals surface area contributed by atoms with Gasteiger partial charge in [0, 0.05) is 18.7 Å². The second-order valence-electron chi connectivity index (χ2n) is 6.04. The van der Waals surface area contributed by atoms with Gasteiger partial charge < -0.3 is 14.6 Å². The Hall–Kier alpha value is -2.56. The van der Waals surface area contributed by atoms with Crippen LogP contribution in [-0.2, 0) is 16.1 Å². The standard InChI is InChI=1S/C18H20N2O3/c1-12-5-6-15(8-13(12)2)19-18(22)14-9-17(21)20(10-14)11-16-4-3-7-23-16/h3-8,14H,9-11H2,1-2H3,(H,19,22)/t14-/m0/s1. The summed E-state index contributed by atoms with van der Waals surface area (Å²) >= 11 is 0. The summed E-state index contributed by atoms with van der Waals surface area (Å²) in [4.78, 5) is 26.1. The Labute approximate surface area is 135 Å². The van der Waals surface area contributed by atoms with Crippen molar-refractivity contribution in [3.8, 4) is 0 Å². The van der Waals surface area contributed by atoms with Crippen LogP contribution >= 0.6 is 0 Å². The zero-order chi connectivity index (χ0) is 16.4. The monoisotopic (exact) mass is 312 g/mol. The fraction of sp³-hybridized carbons (Fsp3) is 0.333. The Bertz CT molecular complexity index is 722. The number of anilines is 1. The molecular formula is C18H20N2O3. The van der Waals surface area contributed by atoms with Crippen LogP contribution in [0.15, 0.2) is 41.0 Å². The van der Waals surface area contributed by atoms with Crippen molar-refractivity contribution in [2.75, 3.05) is 11.9 Å². The molecule has 5 nitrogen and oxygen atoms in total. The van der Waals surface area contributed by atoms with Crippen LogP contribution in [0.2, 0.25) is 0 Å². The van der Waals surface area contributed by atoms with E-state index in [0.29, 0.717) is 13.1 Å². The van der Waals surface area contributed by atoms with Crippen molar-refractivity contribution in [1.29, 1.82) is 0 Å². The van der Waals surface area contributed by atoms with Crippen molar-refractivity contribution in [2.24, 2.45) is 5.92 Å². The molecule has 0 radical (unpaired) electrons. The van der Waals surface area contributed by atoms with Gasteiger partial charge in [-0.25, -0.2) is 0 Å². The Morgan fingerprint density at radius 1 is 1.30 bits per heavy atom. The first-order valence-corrected chi connectivity index (χ1v) is 7.71. The highest BCUT2D eigenvalue weighted by atomic mass is 16.3. The van der Waals surface area contributed by atoms with Crippen LogP contribution in [-0.4, -0.2) is 23.3 Å². The third kappa shape index (κ3) is 3.44. The lowest BCUT2D eigenvalue weighted by atomic mass is 10.1. The molecule has 2 aromatic rings. The van der Waals surface area contributed by atoms with Crippen LogP contribution in [0.3, 0.4) is 0 Å². The van der Waals surface area contributed by atoms with E-state index < -0.39 is 0 Å². The smallest absolute Gasteiger partial charge is 0.229 e. The van der Waals surface area contributed by atoms with E-state index in [2.05, 4.69) is 5.32 Å². The van der Waals surface area contributed by atoms with Gasteiger partial charge in [0.25, 0.3) is 0 Å². The highest BCUT2D eigenvalue weighted by Crippen LogP contribution is 2.22. The maximum absolute atomic E-state index is 12.4. The lowest BCUT2D eigenvalue weighted by molar-refractivity contribution is -0.128. The molecule has 1 aromatic heterocycles. The van der Waals surface area contributed by atoms with Gasteiger partial charge in [0.15, 0.2) is 0 Å². The van der Waals surface area contributed by atoms with Gasteiger partial charge in [-0.2, -0.15) is 0 Å². The number of aryl methyl sites for hydroxylation is 2. The van der Waals surface area contributed by atoms with Gasteiger partial charge in [-0.05, 0) is 49.2 Å². The molecule has 1 aliphatic rings. The fourth-order valence-corrected chi connectivity index (χ4v) is 2.75. The predicted octanol–water partition coefficient (Wildman–Crippen LogP) is 2.88. The van der Waals surface area contributed by atoms with Gasteiger partial charge in [0.2, 0.25) is 11.8 Å². The second kappa shape index (κ2) is 6.28. The number of amides is 2. The highest BCUT2D eigenvalue weighted by Gasteiger charge is 2.34. The van der Waals surface area contributed by atoms with Crippen molar-refractivity contribution in [1.82, 2.24) is 4.90 Å². The molecule has 1 saturated heterocycles. The largest absolute Gasteiger partial charge is 0.467 e. The summed E-state index contributed by atoms with van der Waals surface area (Å²) in [6, 6.07) is 9.44. The van der Waals surface area contributed by atoms with Crippen LogP contribution in [0.1, 0.15) is 23.3 Å². The molecule has 2 amide bonds. The van der Waals surface area contributed by atoms with Gasteiger partial charge in [0.1, 0.15) is 5.76 Å². The summed E-state index contributed by atoms with van der Waals surface area (Å²) in [5, 5.41) is 2.91. The molecular weight excluding hydrogens is 292 g/mol. The summed E-state index contributed by atoms with van der Waals surface area (Å²) in [6.07, 6.45) is 1.83. The quantitative estimate of drug-likeness (QED) is 0.944. The third-order valence-electron chi connectivity index (χ3n) is 4.29. The van der Waals surface area contributed by atoms with Crippen LogP contribution in [0.5, 0.6) is 0 Å². The predicted molar refractivity (Wildman–Crippen MR) is 86.8 cm³/mol. The molecule has 1 fully saturated rings. The number of carbonyl (C=O) groups is 2. The molecule has 1 aromatic carbocycles. The first-order chi connectivity index (χ1) is 11.0. The zero-order valence-electron chi connectivity index (χ0n) is 13.3. The number of benzene rings is 1. The molecule has 1 N–H and O–H groups in total. The maximum atomic E-state index is 12.4. The summed E-state index contributed by atoms with van der Waals surface area (Å²) in [6.45, 7) is 4.88. The Kier molecular flexibility index (Phi) is 4.19. The minimum atomic E-state index is -0.320. The molecule has 2 heterocycles. The van der Waals surface area contributed by atoms with Crippen molar-refractivity contribution in [2.45, 2.75) is 26.8 Å². The van der Waals surface area contributed by atoms with Crippen LogP contribution < -0.4 is 5.32 Å². The first-order valence-electron chi connectivity index (χ1n) is 7.71. The van der Waals surface area contributed by atoms with E-state index in [9.17, 15) is 9.59 Å². The van der Waals surface area contributed by atoms with Gasteiger partial charge in [-0.15, -0.1) is 0 Å². The van der Waals surface area contributed by atoms with Crippen molar-refractivity contribution >= 4 is 17.5 Å². The molecule has 0 unspecified atom stereocenters. The van der Waals surface area contributed by atoms with E-state index in [1.54, 1.807) is 17.2 Å². The molecule has 1 aliphatic heterocycles. The molecule has 1 atom stereocenters. The molecule has 0 aliphatic carbocycles. The van der Waals surface area contributed by atoms with E-state index >= 15 is 0 Å². The Morgan fingerprint density at radius 2 is 2.13 bits per heavy atom. The lowest BCUT2D eigenvalue weighted by Gasteiger charge is -2.15. The summed E-state index contributed by atoms with van der Waals surface area (Å²) in [5.74, 6) is 0.290. The summed E-state index contributed by atoms with van der Waals surface area (Å²) in [7, 11) is 0. The van der Waals surface area contributed by atoms with E-state index in [-0.39, 0.29) is 24.2 Å². The number of nitrogens with one attached hydrogen (secondary N) is 1. The fourth-order valence-electron chi connectivity index (χ4n) is 2.75. The average Bonchev–Trinajstić information content (AvgIpc) is 3.14. The number of furan rings is 1. The van der Waals surface area contributed by atoms with Crippen LogP contribution in [0, 0.1) is 19.8 Å². The lowest BCUT2D eigenvalue weighted by Crippen LogP contribution is -2.27. The molecule has 3 rings (SSSR count). The Morgan fingerprint density at radius 3 is 2.83 bits per heavy atom. The van der Waals surface area contributed by atoms with Crippen molar-refractivity contribution in [3.63, 3.8) is 0 Å². The van der Waals surface area contributed by atoms with Gasteiger partial charge in [-0.3, -0.25) is 9.59 Å². The minimum Gasteiger partial charge on any atom is -0.467 e. The van der Waals surface area contributed by atoms with Gasteiger partial charge >= 0.3 is 0 Å². The average molecular weight is 312 g/mol. The van der Waals surface area contributed by atoms with E-state index in [1.165, 1.54) is 5.56 Å². The van der Waals surface area contributed by atoms with Crippen LogP contribution in [0.4, 0.5) is 5.69 Å². The van der Waals surface area contributed by atoms with Gasteiger partial charge in [-0.1, -0.05) is 6.07 Å². The number of carbonyl (C=O) groups excluding carboxylic acids is 2. The molecule has 0 saturated carbocycles. The Balaban J connectivity index is 1.62. The van der Waals surface area contributed by atoms with Crippen molar-refractivity contribution in [3.05, 3.63) is 53.5 Å². The van der Waals surface area contributed by atoms with Crippen LogP contribution in [0.25, 0.3) is 0 Å². The van der Waals surface area contributed by atoms with E-state index in [4.69, 9.17) is 4.42 Å². The highest BCUT2D eigenvalue weighted by molar-refractivity contribution is 5.97. The molecule has 5 heteroatoms. The maximum Gasteiger partial charge on any atom is 0.229 e.